The molecule has 6 heteroatoms. The quantitative estimate of drug-likeness (QED) is 0.798. The maximum absolute atomic E-state index is 11.8. The van der Waals surface area contributed by atoms with Gasteiger partial charge in [-0.25, -0.2) is 0 Å². The van der Waals surface area contributed by atoms with Crippen molar-refractivity contribution >= 4 is 38.0 Å². The van der Waals surface area contributed by atoms with Gasteiger partial charge in [-0.05, 0) is 31.0 Å². The fourth-order valence-corrected chi connectivity index (χ4v) is 3.35. The molecule has 1 heterocycles. The van der Waals surface area contributed by atoms with Crippen LogP contribution in [0, 0.1) is 0 Å². The Hall–Kier alpha value is -0.880. The Kier molecular flexibility index (Phi) is 2.12. The minimum Gasteiger partial charge on any atom is -0.327 e. The van der Waals surface area contributed by atoms with Gasteiger partial charge in [0, 0.05) is 10.5 Å². The first-order chi connectivity index (χ1) is 7.58. The first-order valence-electron chi connectivity index (χ1n) is 4.96. The molecule has 0 bridgehead atoms. The molecule has 1 saturated carbocycles. The van der Waals surface area contributed by atoms with Crippen molar-refractivity contribution in [3.8, 4) is 0 Å². The molecule has 0 aromatic heterocycles. The van der Waals surface area contributed by atoms with Crippen LogP contribution in [0.4, 0.5) is 5.69 Å². The zero-order valence-corrected chi connectivity index (χ0v) is 10.7. The molecule has 0 amide bonds. The van der Waals surface area contributed by atoms with Crippen molar-refractivity contribution in [2.75, 3.05) is 4.90 Å². The normalized spacial score (nSPS) is 21.9. The maximum atomic E-state index is 11.8. The number of rotatable bonds is 1. The predicted octanol–water partition coefficient (Wildman–Crippen LogP) is 2.15. The van der Waals surface area contributed by atoms with Crippen molar-refractivity contribution < 1.29 is 8.42 Å². The van der Waals surface area contributed by atoms with Crippen LogP contribution in [0.1, 0.15) is 12.8 Å². The van der Waals surface area contributed by atoms with Gasteiger partial charge in [0.05, 0.1) is 5.69 Å². The lowest BCUT2D eigenvalue weighted by Gasteiger charge is -2.24. The second-order valence-electron chi connectivity index (χ2n) is 3.95. The number of hydrogen-bond donors (Lipinski definition) is 0. The Morgan fingerprint density at radius 3 is 2.81 bits per heavy atom. The average molecular weight is 301 g/mol. The van der Waals surface area contributed by atoms with Gasteiger partial charge in [0.2, 0.25) is 0 Å². The summed E-state index contributed by atoms with van der Waals surface area (Å²) in [6.45, 7) is 0. The first-order valence-corrected chi connectivity index (χ1v) is 7.19. The monoisotopic (exact) mass is 300 g/mol. The highest BCUT2D eigenvalue weighted by Gasteiger charge is 2.34. The second kappa shape index (κ2) is 3.30. The molecule has 0 N–H and O–H groups in total. The molecule has 0 unspecified atom stereocenters. The summed E-state index contributed by atoms with van der Waals surface area (Å²) in [5.41, 5.74) is 0.737. The molecule has 16 heavy (non-hydrogen) atoms. The van der Waals surface area contributed by atoms with Crippen LogP contribution in [0.25, 0.3) is 0 Å². The van der Waals surface area contributed by atoms with Crippen LogP contribution >= 0.6 is 15.9 Å². The number of halogens is 1. The Labute approximate surface area is 102 Å². The van der Waals surface area contributed by atoms with Crippen LogP contribution in [0.2, 0.25) is 0 Å². The van der Waals surface area contributed by atoms with Gasteiger partial charge in [-0.3, -0.25) is 0 Å². The van der Waals surface area contributed by atoms with E-state index in [0.717, 1.165) is 23.0 Å². The molecule has 84 valence electrons. The van der Waals surface area contributed by atoms with Gasteiger partial charge in [0.25, 0.3) is 10.0 Å². The fourth-order valence-electron chi connectivity index (χ4n) is 1.78. The zero-order chi connectivity index (χ0) is 11.3. The zero-order valence-electron chi connectivity index (χ0n) is 8.30. The molecule has 3 rings (SSSR count). The lowest BCUT2D eigenvalue weighted by molar-refractivity contribution is 0.597. The van der Waals surface area contributed by atoms with E-state index in [1.165, 1.54) is 6.34 Å². The van der Waals surface area contributed by atoms with Crippen molar-refractivity contribution in [2.24, 2.45) is 4.40 Å². The minimum absolute atomic E-state index is 0.288. The summed E-state index contributed by atoms with van der Waals surface area (Å²) in [7, 11) is -3.51. The third kappa shape index (κ3) is 1.56. The first kappa shape index (κ1) is 10.3. The lowest BCUT2D eigenvalue weighted by Crippen LogP contribution is -2.29. The lowest BCUT2D eigenvalue weighted by atomic mass is 10.3. The SMILES string of the molecule is O=S1(=O)N=CN(C2CC2)c2ccc(Br)cc21. The summed E-state index contributed by atoms with van der Waals surface area (Å²) >= 11 is 3.28. The highest BCUT2D eigenvalue weighted by atomic mass is 79.9. The van der Waals surface area contributed by atoms with E-state index in [9.17, 15) is 8.42 Å². The van der Waals surface area contributed by atoms with E-state index in [1.807, 2.05) is 17.0 Å². The molecular weight excluding hydrogens is 292 g/mol. The molecular formula is C10H9BrN2O2S. The third-order valence-corrected chi connectivity index (χ3v) is 4.48. The summed E-state index contributed by atoms with van der Waals surface area (Å²) in [4.78, 5) is 2.24. The van der Waals surface area contributed by atoms with E-state index in [4.69, 9.17) is 0 Å². The van der Waals surface area contributed by atoms with Crippen LogP contribution in [0.5, 0.6) is 0 Å². The topological polar surface area (TPSA) is 49.7 Å². The summed E-state index contributed by atoms with van der Waals surface area (Å²) in [6.07, 6.45) is 3.63. The van der Waals surface area contributed by atoms with Gasteiger partial charge in [-0.1, -0.05) is 15.9 Å². The molecule has 0 atom stereocenters. The third-order valence-electron chi connectivity index (χ3n) is 2.73. The number of hydrogen-bond acceptors (Lipinski definition) is 3. The molecule has 0 radical (unpaired) electrons. The van der Waals surface area contributed by atoms with Gasteiger partial charge in [0.15, 0.2) is 0 Å². The van der Waals surface area contributed by atoms with E-state index >= 15 is 0 Å². The minimum atomic E-state index is -3.51. The van der Waals surface area contributed by atoms with Crippen molar-refractivity contribution in [2.45, 2.75) is 23.8 Å². The average Bonchev–Trinajstić information content (AvgIpc) is 3.03. The fraction of sp³-hybridized carbons (Fsp3) is 0.300. The van der Waals surface area contributed by atoms with Crippen LogP contribution in [0.15, 0.2) is 32.0 Å². The summed E-state index contributed by atoms with van der Waals surface area (Å²) in [6, 6.07) is 5.69. The Morgan fingerprint density at radius 2 is 2.12 bits per heavy atom. The smallest absolute Gasteiger partial charge is 0.285 e. The van der Waals surface area contributed by atoms with E-state index in [1.54, 1.807) is 6.07 Å². The number of benzene rings is 1. The van der Waals surface area contributed by atoms with Gasteiger partial charge < -0.3 is 4.90 Å². The van der Waals surface area contributed by atoms with Crippen LogP contribution in [0.3, 0.4) is 0 Å². The number of anilines is 1. The number of nitrogens with zero attached hydrogens (tertiary/aromatic N) is 2. The van der Waals surface area contributed by atoms with Crippen LogP contribution in [-0.4, -0.2) is 20.8 Å². The summed E-state index contributed by atoms with van der Waals surface area (Å²) in [5, 5.41) is 0. The van der Waals surface area contributed by atoms with E-state index in [-0.39, 0.29) is 4.90 Å². The van der Waals surface area contributed by atoms with Crippen molar-refractivity contribution in [1.29, 1.82) is 0 Å². The molecule has 0 saturated heterocycles. The molecule has 4 nitrogen and oxygen atoms in total. The molecule has 0 spiro atoms. The predicted molar refractivity (Wildman–Crippen MR) is 65.3 cm³/mol. The Bertz CT molecular complexity index is 578. The standard InChI is InChI=1S/C10H9BrN2O2S/c11-7-1-4-9-10(5-7)16(14,15)12-6-13(9)8-2-3-8/h1,4-6,8H,2-3H2. The summed E-state index contributed by atoms with van der Waals surface area (Å²) < 4.78 is 27.9. The molecule has 1 aliphatic heterocycles. The Morgan fingerprint density at radius 1 is 1.38 bits per heavy atom. The van der Waals surface area contributed by atoms with E-state index in [2.05, 4.69) is 20.3 Å². The van der Waals surface area contributed by atoms with Gasteiger partial charge in [-0.15, -0.1) is 4.40 Å². The van der Waals surface area contributed by atoms with Gasteiger partial charge in [0.1, 0.15) is 11.2 Å². The van der Waals surface area contributed by atoms with E-state index < -0.39 is 10.0 Å². The number of sulfonamides is 1. The van der Waals surface area contributed by atoms with Crippen LogP contribution < -0.4 is 4.90 Å². The van der Waals surface area contributed by atoms with Gasteiger partial charge in [-0.2, -0.15) is 8.42 Å². The van der Waals surface area contributed by atoms with Gasteiger partial charge >= 0.3 is 0 Å². The van der Waals surface area contributed by atoms with Crippen molar-refractivity contribution in [3.63, 3.8) is 0 Å². The van der Waals surface area contributed by atoms with E-state index in [0.29, 0.717) is 6.04 Å². The summed E-state index contributed by atoms with van der Waals surface area (Å²) in [5.74, 6) is 0. The highest BCUT2D eigenvalue weighted by molar-refractivity contribution is 9.10. The van der Waals surface area contributed by atoms with Crippen molar-refractivity contribution in [1.82, 2.24) is 0 Å². The second-order valence-corrected chi connectivity index (χ2v) is 6.46. The van der Waals surface area contributed by atoms with Crippen LogP contribution in [-0.2, 0) is 10.0 Å². The molecule has 2 aliphatic rings. The molecule has 1 aliphatic carbocycles. The molecule has 1 aromatic carbocycles. The highest BCUT2D eigenvalue weighted by Crippen LogP contribution is 2.38. The van der Waals surface area contributed by atoms with Crippen molar-refractivity contribution in [3.05, 3.63) is 22.7 Å². The maximum Gasteiger partial charge on any atom is 0.285 e. The molecule has 1 fully saturated rings. The molecule has 1 aromatic rings. The Balaban J connectivity index is 2.21. The largest absolute Gasteiger partial charge is 0.327 e. The number of fused-ring (bicyclic) bond motifs is 1.